The van der Waals surface area contributed by atoms with Gasteiger partial charge in [-0.05, 0) is 23.8 Å². The van der Waals surface area contributed by atoms with Gasteiger partial charge in [-0.15, -0.1) is 0 Å². The molecule has 0 N–H and O–H groups in total. The van der Waals surface area contributed by atoms with Gasteiger partial charge in [-0.2, -0.15) is 0 Å². The maximum atomic E-state index is 13.1. The zero-order valence-corrected chi connectivity index (χ0v) is 9.21. The van der Waals surface area contributed by atoms with Crippen molar-refractivity contribution < 1.29 is 8.57 Å². The Balaban J connectivity index is 2.05. The second kappa shape index (κ2) is 3.83. The fourth-order valence-electron chi connectivity index (χ4n) is 1.83. The van der Waals surface area contributed by atoms with Crippen LogP contribution in [0.5, 0.6) is 5.75 Å². The number of benzene rings is 2. The van der Waals surface area contributed by atoms with Gasteiger partial charge < -0.3 is 4.18 Å². The number of rotatable bonds is 1. The number of hydrogen-bond donors (Lipinski definition) is 0. The van der Waals surface area contributed by atoms with E-state index in [4.69, 9.17) is 4.18 Å². The highest BCUT2D eigenvalue weighted by molar-refractivity contribution is 7.95. The van der Waals surface area contributed by atoms with Crippen molar-refractivity contribution in [1.82, 2.24) is 0 Å². The van der Waals surface area contributed by atoms with Gasteiger partial charge in [0.15, 0.2) is 0 Å². The van der Waals surface area contributed by atoms with E-state index in [1.54, 1.807) is 12.1 Å². The number of hydrogen-bond acceptors (Lipinski definition) is 2. The molecule has 0 saturated heterocycles. The van der Waals surface area contributed by atoms with Crippen LogP contribution in [0.4, 0.5) is 4.39 Å². The van der Waals surface area contributed by atoms with Gasteiger partial charge in [0.2, 0.25) is 0 Å². The quantitative estimate of drug-likeness (QED) is 0.688. The van der Waals surface area contributed by atoms with Crippen LogP contribution >= 0.6 is 12.0 Å². The van der Waals surface area contributed by atoms with Crippen molar-refractivity contribution in [1.29, 1.82) is 0 Å². The van der Waals surface area contributed by atoms with Crippen LogP contribution in [0.1, 0.15) is 16.4 Å². The average molecular weight is 232 g/mol. The monoisotopic (exact) mass is 232 g/mol. The molecule has 0 saturated carbocycles. The third kappa shape index (κ3) is 1.57. The van der Waals surface area contributed by atoms with Crippen LogP contribution in [-0.4, -0.2) is 0 Å². The first kappa shape index (κ1) is 9.73. The van der Waals surface area contributed by atoms with Crippen molar-refractivity contribution in [2.24, 2.45) is 0 Å². The van der Waals surface area contributed by atoms with E-state index in [9.17, 15) is 4.39 Å². The molecule has 0 aliphatic carbocycles. The highest BCUT2D eigenvalue weighted by atomic mass is 32.2. The minimum Gasteiger partial charge on any atom is -0.424 e. The lowest BCUT2D eigenvalue weighted by molar-refractivity contribution is 0.626. The molecule has 0 spiro atoms. The third-order valence-electron chi connectivity index (χ3n) is 2.59. The van der Waals surface area contributed by atoms with Gasteiger partial charge >= 0.3 is 0 Å². The molecule has 2 aromatic carbocycles. The Morgan fingerprint density at radius 3 is 2.81 bits per heavy atom. The van der Waals surface area contributed by atoms with E-state index in [2.05, 4.69) is 0 Å². The molecule has 1 aliphatic rings. The predicted octanol–water partition coefficient (Wildman–Crippen LogP) is 3.96. The maximum absolute atomic E-state index is 13.1. The summed E-state index contributed by atoms with van der Waals surface area (Å²) in [7, 11) is 0. The summed E-state index contributed by atoms with van der Waals surface area (Å²) in [6.45, 7) is 0. The van der Waals surface area contributed by atoms with Crippen LogP contribution in [0.15, 0.2) is 48.5 Å². The van der Waals surface area contributed by atoms with Gasteiger partial charge in [0.25, 0.3) is 0 Å². The molecule has 0 fully saturated rings. The largest absolute Gasteiger partial charge is 0.424 e. The smallest absolute Gasteiger partial charge is 0.142 e. The first-order valence-electron chi connectivity index (χ1n) is 5.02. The maximum Gasteiger partial charge on any atom is 0.142 e. The topological polar surface area (TPSA) is 9.23 Å². The summed E-state index contributed by atoms with van der Waals surface area (Å²) in [6.07, 6.45) is 0. The van der Waals surface area contributed by atoms with Gasteiger partial charge in [-0.25, -0.2) is 4.39 Å². The lowest BCUT2D eigenvalue weighted by Gasteiger charge is -2.07. The fourth-order valence-corrected chi connectivity index (χ4v) is 2.74. The van der Waals surface area contributed by atoms with E-state index in [0.717, 1.165) is 16.9 Å². The summed E-state index contributed by atoms with van der Waals surface area (Å²) >= 11 is 1.37. The van der Waals surface area contributed by atoms with Crippen molar-refractivity contribution in [3.05, 3.63) is 65.5 Å². The Labute approximate surface area is 97.5 Å². The van der Waals surface area contributed by atoms with E-state index in [1.165, 1.54) is 18.1 Å². The van der Waals surface area contributed by atoms with Crippen molar-refractivity contribution in [3.63, 3.8) is 0 Å². The van der Waals surface area contributed by atoms with E-state index < -0.39 is 0 Å². The molecule has 16 heavy (non-hydrogen) atoms. The third-order valence-corrected chi connectivity index (χ3v) is 3.58. The summed E-state index contributed by atoms with van der Waals surface area (Å²) in [5.41, 5.74) is 2.05. The summed E-state index contributed by atoms with van der Waals surface area (Å²) in [4.78, 5) is 0. The summed E-state index contributed by atoms with van der Waals surface area (Å²) < 4.78 is 18.6. The highest BCUT2D eigenvalue weighted by Crippen LogP contribution is 2.47. The molecule has 0 radical (unpaired) electrons. The van der Waals surface area contributed by atoms with Gasteiger partial charge in [-0.3, -0.25) is 0 Å². The molecule has 3 rings (SSSR count). The molecule has 0 aromatic heterocycles. The first-order valence-corrected chi connectivity index (χ1v) is 5.83. The molecule has 3 heteroatoms. The van der Waals surface area contributed by atoms with Gasteiger partial charge in [0.05, 0.1) is 17.3 Å². The van der Waals surface area contributed by atoms with Crippen molar-refractivity contribution in [2.45, 2.75) is 5.25 Å². The zero-order valence-electron chi connectivity index (χ0n) is 8.39. The molecule has 0 amide bonds. The normalized spacial score (nSPS) is 17.9. The Bertz CT molecular complexity index is 527. The second-order valence-electron chi connectivity index (χ2n) is 3.65. The predicted molar refractivity (Wildman–Crippen MR) is 62.9 cm³/mol. The first-order chi connectivity index (χ1) is 7.84. The molecule has 1 aliphatic heterocycles. The van der Waals surface area contributed by atoms with Gasteiger partial charge in [-0.1, -0.05) is 30.3 Å². The molecule has 1 heterocycles. The lowest BCUT2D eigenvalue weighted by atomic mass is 10.0. The molecule has 0 bridgehead atoms. The molecule has 2 aromatic rings. The molecular formula is C13H9FOS. The van der Waals surface area contributed by atoms with Crippen LogP contribution in [0.2, 0.25) is 0 Å². The van der Waals surface area contributed by atoms with Crippen LogP contribution in [0.3, 0.4) is 0 Å². The Morgan fingerprint density at radius 1 is 1.06 bits per heavy atom. The van der Waals surface area contributed by atoms with Crippen LogP contribution < -0.4 is 4.18 Å². The summed E-state index contributed by atoms with van der Waals surface area (Å²) in [5.74, 6) is 0.671. The minimum absolute atomic E-state index is 0.0758. The SMILES string of the molecule is Fc1cccc(C2SOc3ccccc32)c1. The van der Waals surface area contributed by atoms with Crippen LogP contribution in [-0.2, 0) is 0 Å². The number of para-hydroxylation sites is 1. The van der Waals surface area contributed by atoms with Gasteiger partial charge in [0, 0.05) is 5.56 Å². The Morgan fingerprint density at radius 2 is 1.94 bits per heavy atom. The van der Waals surface area contributed by atoms with Crippen LogP contribution in [0, 0.1) is 5.82 Å². The molecule has 1 nitrogen and oxygen atoms in total. The zero-order chi connectivity index (χ0) is 11.0. The second-order valence-corrected chi connectivity index (χ2v) is 4.48. The van der Waals surface area contributed by atoms with Crippen LogP contribution in [0.25, 0.3) is 0 Å². The van der Waals surface area contributed by atoms with Gasteiger partial charge in [0.1, 0.15) is 11.6 Å². The van der Waals surface area contributed by atoms with E-state index >= 15 is 0 Å². The average Bonchev–Trinajstić information content (AvgIpc) is 2.72. The van der Waals surface area contributed by atoms with E-state index in [-0.39, 0.29) is 11.1 Å². The van der Waals surface area contributed by atoms with E-state index in [0.29, 0.717) is 0 Å². The number of halogens is 1. The molecule has 80 valence electrons. The van der Waals surface area contributed by atoms with E-state index in [1.807, 2.05) is 30.3 Å². The molecule has 1 atom stereocenters. The van der Waals surface area contributed by atoms with Crippen molar-refractivity contribution in [3.8, 4) is 5.75 Å². The lowest BCUT2D eigenvalue weighted by Crippen LogP contribution is -1.92. The Hall–Kier alpha value is -1.48. The fraction of sp³-hybridized carbons (Fsp3) is 0.0769. The minimum atomic E-state index is -0.206. The van der Waals surface area contributed by atoms with Crippen molar-refractivity contribution >= 4 is 12.0 Å². The highest BCUT2D eigenvalue weighted by Gasteiger charge is 2.26. The van der Waals surface area contributed by atoms with Crippen molar-refractivity contribution in [2.75, 3.05) is 0 Å². The Kier molecular flexibility index (Phi) is 2.33. The molecular weight excluding hydrogens is 223 g/mol. The summed E-state index contributed by atoms with van der Waals surface area (Å²) in [5, 5.41) is 0.0758. The number of fused-ring (bicyclic) bond motifs is 1. The standard InChI is InChI=1S/C13H9FOS/c14-10-5-3-4-9(8-10)13-11-6-1-2-7-12(11)15-16-13/h1-8,13H. The molecule has 1 unspecified atom stereocenters. The summed E-state index contributed by atoms with van der Waals surface area (Å²) in [6, 6.07) is 14.5.